The largest absolute Gasteiger partial charge is 0.436 e. The minimum absolute atomic E-state index is 0.00512. The summed E-state index contributed by atoms with van der Waals surface area (Å²) >= 11 is 4.71. The van der Waals surface area contributed by atoms with Crippen molar-refractivity contribution in [2.75, 3.05) is 59.1 Å². The van der Waals surface area contributed by atoms with Gasteiger partial charge in [0.05, 0.1) is 0 Å². The zero-order valence-corrected chi connectivity index (χ0v) is 33.4. The zero-order valence-electron chi connectivity index (χ0n) is 32.7. The predicted molar refractivity (Wildman–Crippen MR) is 221 cm³/mol. The summed E-state index contributed by atoms with van der Waals surface area (Å²) < 4.78 is 15.0. The van der Waals surface area contributed by atoms with Crippen molar-refractivity contribution in [3.05, 3.63) is 44.0 Å². The molecule has 0 aliphatic rings. The van der Waals surface area contributed by atoms with Crippen molar-refractivity contribution < 1.29 is 38.2 Å². The highest BCUT2D eigenvalue weighted by atomic mass is 35.5. The summed E-state index contributed by atoms with van der Waals surface area (Å²) in [6.07, 6.45) is 32.7. The van der Waals surface area contributed by atoms with E-state index in [1.165, 1.54) is 42.2 Å². The lowest BCUT2D eigenvalue weighted by Crippen LogP contribution is -2.25. The SMILES string of the molecule is C#CCOC(=O)NCCCCCCN.C#CCOC(=O)NCCCCCCNC(=O)C=C.C#CCOC(=O)n1ccnc1.C=CC(=O)Cl.NCCCCCCN. The van der Waals surface area contributed by atoms with E-state index in [4.69, 9.17) is 48.1 Å². The highest BCUT2D eigenvalue weighted by Gasteiger charge is 2.02. The first-order valence-electron chi connectivity index (χ1n) is 18.1. The topological polar surface area (TPSA) is 245 Å². The van der Waals surface area contributed by atoms with E-state index in [1.807, 2.05) is 0 Å². The van der Waals surface area contributed by atoms with Crippen LogP contribution in [0.4, 0.5) is 14.4 Å². The van der Waals surface area contributed by atoms with Gasteiger partial charge in [0, 0.05) is 32.0 Å². The monoisotopic (exact) mass is 806 g/mol. The van der Waals surface area contributed by atoms with Gasteiger partial charge in [-0.1, -0.05) is 69.4 Å². The maximum Gasteiger partial charge on any atom is 0.420 e. The highest BCUT2D eigenvalue weighted by Crippen LogP contribution is 1.99. The first-order valence-corrected chi connectivity index (χ1v) is 18.5. The molecule has 0 saturated carbocycles. The summed E-state index contributed by atoms with van der Waals surface area (Å²) in [7, 11) is 0. The van der Waals surface area contributed by atoms with Gasteiger partial charge in [-0.15, -0.1) is 19.3 Å². The molecule has 0 aromatic carbocycles. The van der Waals surface area contributed by atoms with E-state index in [1.54, 1.807) is 0 Å². The van der Waals surface area contributed by atoms with E-state index in [2.05, 4.69) is 66.1 Å². The van der Waals surface area contributed by atoms with Crippen LogP contribution < -0.4 is 33.2 Å². The maximum atomic E-state index is 11.0. The molecule has 16 nitrogen and oxygen atoms in total. The molecule has 0 unspecified atom stereocenters. The average Bonchev–Trinajstić information content (AvgIpc) is 3.76. The Morgan fingerprint density at radius 2 is 1.02 bits per heavy atom. The summed E-state index contributed by atoms with van der Waals surface area (Å²) in [4.78, 5) is 56.6. The Morgan fingerprint density at radius 1 is 0.643 bits per heavy atom. The molecule has 56 heavy (non-hydrogen) atoms. The highest BCUT2D eigenvalue weighted by molar-refractivity contribution is 6.66. The number of nitrogens with zero attached hydrogens (tertiary/aromatic N) is 2. The Hall–Kier alpha value is -5.31. The van der Waals surface area contributed by atoms with E-state index >= 15 is 0 Å². The quantitative estimate of drug-likeness (QED) is 0.0303. The number of carbonyl (C=O) groups excluding carboxylic acids is 5. The number of halogens is 1. The number of terminal acetylenes is 3. The molecule has 17 heteroatoms. The van der Waals surface area contributed by atoms with E-state index in [0.29, 0.717) is 19.6 Å². The second kappa shape index (κ2) is 49.7. The lowest BCUT2D eigenvalue weighted by atomic mass is 10.2. The number of hydrogen-bond acceptors (Lipinski definition) is 12. The minimum Gasteiger partial charge on any atom is -0.436 e. The molecule has 3 amide bonds. The fraction of sp³-hybridized carbons (Fsp3) is 0.538. The van der Waals surface area contributed by atoms with Gasteiger partial charge in [0.1, 0.15) is 6.33 Å². The van der Waals surface area contributed by atoms with Crippen molar-refractivity contribution >= 4 is 41.0 Å². The van der Waals surface area contributed by atoms with E-state index < -0.39 is 23.5 Å². The Morgan fingerprint density at radius 3 is 1.34 bits per heavy atom. The Bertz CT molecular complexity index is 1270. The number of carbonyl (C=O) groups is 5. The summed E-state index contributed by atoms with van der Waals surface area (Å²) in [5.41, 5.74) is 15.9. The Labute approximate surface area is 338 Å². The fourth-order valence-corrected chi connectivity index (χ4v) is 3.39. The van der Waals surface area contributed by atoms with Crippen LogP contribution in [0, 0.1) is 37.0 Å². The number of unbranched alkanes of at least 4 members (excludes halogenated alkanes) is 9. The van der Waals surface area contributed by atoms with E-state index in [-0.39, 0.29) is 25.7 Å². The standard InChI is InChI=1S/C13H20N2O3.C10H18N2O2.C7H6N2O2.C6H16N2.C3H3ClO/c1-3-11-18-13(17)15-10-8-6-5-7-9-14-12(16)4-2;1-2-9-14-10(13)12-8-6-4-3-5-7-11;1-2-5-11-7(10)9-4-3-8-6-9;7-5-3-1-2-4-6-8;1-2-3(4)5/h1,4H,2,5-11H2,(H,14,16)(H,15,17);1H,3-9,11H2,(H,12,13);1,3-4,6H,5H2;1-8H2;2H,1H2. The number of amides is 3. The van der Waals surface area contributed by atoms with Crippen LogP contribution in [0.5, 0.6) is 0 Å². The van der Waals surface area contributed by atoms with Crippen LogP contribution in [0.15, 0.2) is 44.0 Å². The molecule has 1 aromatic rings. The van der Waals surface area contributed by atoms with Crippen LogP contribution in [-0.2, 0) is 23.8 Å². The molecule has 1 aromatic heterocycles. The molecule has 0 saturated heterocycles. The van der Waals surface area contributed by atoms with E-state index in [9.17, 15) is 24.0 Å². The molecule has 0 fully saturated rings. The lowest BCUT2D eigenvalue weighted by Gasteiger charge is -2.05. The molecule has 1 rings (SSSR count). The molecule has 0 aliphatic carbocycles. The first-order chi connectivity index (χ1) is 27.0. The summed E-state index contributed by atoms with van der Waals surface area (Å²) in [6.45, 7) is 10.7. The van der Waals surface area contributed by atoms with Crippen molar-refractivity contribution in [3.63, 3.8) is 0 Å². The van der Waals surface area contributed by atoms with Gasteiger partial charge < -0.3 is 47.4 Å². The number of hydrogen-bond donors (Lipinski definition) is 6. The van der Waals surface area contributed by atoms with Gasteiger partial charge >= 0.3 is 18.3 Å². The molecule has 0 spiro atoms. The number of rotatable bonds is 23. The molecular formula is C39H63ClN8O8. The van der Waals surface area contributed by atoms with Gasteiger partial charge in [-0.25, -0.2) is 23.9 Å². The number of allylic oxidation sites excluding steroid dienone is 1. The molecule has 1 heterocycles. The first kappa shape index (κ1) is 57.4. The molecular weight excluding hydrogens is 744 g/mol. The van der Waals surface area contributed by atoms with Crippen LogP contribution in [-0.4, -0.2) is 98.1 Å². The van der Waals surface area contributed by atoms with Gasteiger partial charge in [-0.2, -0.15) is 0 Å². The molecule has 0 atom stereocenters. The zero-order chi connectivity index (χ0) is 42.9. The minimum atomic E-state index is -0.513. The third kappa shape index (κ3) is 53.0. The van der Waals surface area contributed by atoms with Gasteiger partial charge in [0.15, 0.2) is 19.8 Å². The van der Waals surface area contributed by atoms with Crippen molar-refractivity contribution in [2.45, 2.75) is 77.0 Å². The van der Waals surface area contributed by atoms with Crippen molar-refractivity contribution in [3.8, 4) is 37.0 Å². The number of nitrogens with one attached hydrogen (secondary N) is 3. The number of nitrogens with two attached hydrogens (primary N) is 3. The Kier molecular flexibility index (Phi) is 50.9. The number of imidazole rings is 1. The summed E-state index contributed by atoms with van der Waals surface area (Å²) in [5, 5.41) is 7.39. The van der Waals surface area contributed by atoms with Gasteiger partial charge in [0.2, 0.25) is 11.1 Å². The second-order valence-corrected chi connectivity index (χ2v) is 11.1. The lowest BCUT2D eigenvalue weighted by molar-refractivity contribution is -0.116. The van der Waals surface area contributed by atoms with Crippen molar-refractivity contribution in [2.24, 2.45) is 17.2 Å². The van der Waals surface area contributed by atoms with Crippen LogP contribution in [0.3, 0.4) is 0 Å². The van der Waals surface area contributed by atoms with Crippen LogP contribution in [0.1, 0.15) is 77.0 Å². The summed E-state index contributed by atoms with van der Waals surface area (Å²) in [5.74, 6) is 6.47. The second-order valence-electron chi connectivity index (χ2n) is 10.8. The Balaban J connectivity index is -0.000000319. The molecule has 9 N–H and O–H groups in total. The third-order valence-corrected chi connectivity index (χ3v) is 6.30. The van der Waals surface area contributed by atoms with Gasteiger partial charge in [-0.3, -0.25) is 9.59 Å². The van der Waals surface area contributed by atoms with Crippen molar-refractivity contribution in [1.29, 1.82) is 0 Å². The number of alkyl carbamates (subject to hydrolysis) is 2. The molecule has 0 aliphatic heterocycles. The normalized spacial score (nSPS) is 8.88. The van der Waals surface area contributed by atoms with E-state index in [0.717, 1.165) is 89.9 Å². The van der Waals surface area contributed by atoms with Crippen LogP contribution >= 0.6 is 11.6 Å². The van der Waals surface area contributed by atoms with Gasteiger partial charge in [0.25, 0.3) is 0 Å². The fourth-order valence-electron chi connectivity index (χ4n) is 3.39. The van der Waals surface area contributed by atoms with Gasteiger partial charge in [-0.05, 0) is 81.9 Å². The maximum absolute atomic E-state index is 11.0. The van der Waals surface area contributed by atoms with Crippen LogP contribution in [0.2, 0.25) is 0 Å². The van der Waals surface area contributed by atoms with Crippen molar-refractivity contribution in [1.82, 2.24) is 25.5 Å². The predicted octanol–water partition coefficient (Wildman–Crippen LogP) is 3.98. The third-order valence-electron chi connectivity index (χ3n) is 6.14. The number of ether oxygens (including phenoxy) is 3. The molecule has 0 bridgehead atoms. The van der Waals surface area contributed by atoms with Crippen LogP contribution in [0.25, 0.3) is 0 Å². The number of aromatic nitrogens is 2. The molecule has 314 valence electrons. The molecule has 0 radical (unpaired) electrons. The smallest absolute Gasteiger partial charge is 0.420 e. The summed E-state index contributed by atoms with van der Waals surface area (Å²) in [6, 6.07) is 0. The average molecular weight is 807 g/mol.